The van der Waals surface area contributed by atoms with Crippen molar-refractivity contribution in [1.29, 1.82) is 0 Å². The number of nitrogens with one attached hydrogen (secondary N) is 1. The van der Waals surface area contributed by atoms with Gasteiger partial charge in [-0.2, -0.15) is 0 Å². The predicted molar refractivity (Wildman–Crippen MR) is 74.8 cm³/mol. The fourth-order valence-electron chi connectivity index (χ4n) is 1.77. The molecule has 1 atom stereocenters. The first kappa shape index (κ1) is 14.6. The van der Waals surface area contributed by atoms with Gasteiger partial charge in [-0.1, -0.05) is 44.4 Å². The van der Waals surface area contributed by atoms with Crippen molar-refractivity contribution in [2.24, 2.45) is 0 Å². The van der Waals surface area contributed by atoms with Gasteiger partial charge in [0.1, 0.15) is 6.10 Å². The smallest absolute Gasteiger partial charge is 0.411 e. The van der Waals surface area contributed by atoms with Crippen molar-refractivity contribution < 1.29 is 9.53 Å². The average Bonchev–Trinajstić information content (AvgIpc) is 2.35. The molecular weight excluding hydrogens is 226 g/mol. The van der Waals surface area contributed by atoms with Crippen LogP contribution in [0, 0.1) is 0 Å². The summed E-state index contributed by atoms with van der Waals surface area (Å²) < 4.78 is 5.28. The minimum Gasteiger partial charge on any atom is -0.446 e. The molecule has 1 amide bonds. The van der Waals surface area contributed by atoms with Crippen LogP contribution in [0.15, 0.2) is 30.3 Å². The minimum absolute atomic E-state index is 0.0226. The molecule has 1 N–H and O–H groups in total. The van der Waals surface area contributed by atoms with Gasteiger partial charge < -0.3 is 4.74 Å². The van der Waals surface area contributed by atoms with E-state index in [1.54, 1.807) is 0 Å². The summed E-state index contributed by atoms with van der Waals surface area (Å²) in [5, 5.41) is 2.71. The van der Waals surface area contributed by atoms with E-state index in [0.29, 0.717) is 0 Å². The fraction of sp³-hybridized carbons (Fsp3) is 0.533. The summed E-state index contributed by atoms with van der Waals surface area (Å²) in [4.78, 5) is 11.6. The van der Waals surface area contributed by atoms with Crippen molar-refractivity contribution >= 4 is 11.8 Å². The lowest BCUT2D eigenvalue weighted by Crippen LogP contribution is -2.20. The van der Waals surface area contributed by atoms with Gasteiger partial charge >= 0.3 is 6.09 Å². The Morgan fingerprint density at radius 3 is 2.61 bits per heavy atom. The van der Waals surface area contributed by atoms with Gasteiger partial charge in [0.25, 0.3) is 0 Å². The van der Waals surface area contributed by atoms with Crippen molar-refractivity contribution in [2.45, 2.75) is 52.1 Å². The number of ether oxygens (including phenoxy) is 1. The molecule has 0 bridgehead atoms. The molecule has 3 heteroatoms. The molecule has 0 unspecified atom stereocenters. The molecule has 18 heavy (non-hydrogen) atoms. The van der Waals surface area contributed by atoms with Crippen molar-refractivity contribution in [2.75, 3.05) is 5.32 Å². The number of amides is 1. The maximum Gasteiger partial charge on any atom is 0.411 e. The second-order valence-electron chi connectivity index (χ2n) is 4.56. The average molecular weight is 249 g/mol. The van der Waals surface area contributed by atoms with Crippen molar-refractivity contribution in [1.82, 2.24) is 0 Å². The Morgan fingerprint density at radius 1 is 1.22 bits per heavy atom. The third-order valence-corrected chi connectivity index (χ3v) is 2.79. The number of carbonyl (C=O) groups is 1. The molecule has 0 aliphatic heterocycles. The largest absolute Gasteiger partial charge is 0.446 e. The second kappa shape index (κ2) is 8.56. The number of benzene rings is 1. The van der Waals surface area contributed by atoms with Crippen LogP contribution in [0.2, 0.25) is 0 Å². The van der Waals surface area contributed by atoms with Gasteiger partial charge in [-0.15, -0.1) is 0 Å². The predicted octanol–water partition coefficient (Wildman–Crippen LogP) is 4.59. The summed E-state index contributed by atoms with van der Waals surface area (Å²) >= 11 is 0. The van der Waals surface area contributed by atoms with Crippen LogP contribution in [0.5, 0.6) is 0 Å². The highest BCUT2D eigenvalue weighted by atomic mass is 16.6. The Kier molecular flexibility index (Phi) is 6.92. The van der Waals surface area contributed by atoms with Gasteiger partial charge in [-0.3, -0.25) is 5.32 Å². The second-order valence-corrected chi connectivity index (χ2v) is 4.56. The molecule has 0 heterocycles. The van der Waals surface area contributed by atoms with E-state index in [9.17, 15) is 4.79 Å². The molecule has 0 radical (unpaired) electrons. The monoisotopic (exact) mass is 249 g/mol. The van der Waals surface area contributed by atoms with E-state index in [4.69, 9.17) is 4.74 Å². The lowest BCUT2D eigenvalue weighted by atomic mass is 10.1. The van der Waals surface area contributed by atoms with Gasteiger partial charge in [0.15, 0.2) is 0 Å². The zero-order valence-electron chi connectivity index (χ0n) is 11.3. The van der Waals surface area contributed by atoms with E-state index in [1.165, 1.54) is 19.3 Å². The van der Waals surface area contributed by atoms with Gasteiger partial charge in [-0.25, -0.2) is 4.79 Å². The van der Waals surface area contributed by atoms with Gasteiger partial charge in [-0.05, 0) is 31.9 Å². The maximum atomic E-state index is 11.6. The first-order valence-corrected chi connectivity index (χ1v) is 6.75. The van der Waals surface area contributed by atoms with Crippen LogP contribution in [-0.4, -0.2) is 12.2 Å². The number of anilines is 1. The summed E-state index contributed by atoms with van der Waals surface area (Å²) in [7, 11) is 0. The summed E-state index contributed by atoms with van der Waals surface area (Å²) in [6, 6.07) is 9.35. The van der Waals surface area contributed by atoms with Crippen molar-refractivity contribution in [3.63, 3.8) is 0 Å². The maximum absolute atomic E-state index is 11.6. The molecular formula is C15H23NO2. The molecule has 100 valence electrons. The molecule has 1 rings (SSSR count). The van der Waals surface area contributed by atoms with Crippen LogP contribution in [0.4, 0.5) is 10.5 Å². The highest BCUT2D eigenvalue weighted by Gasteiger charge is 2.08. The third-order valence-electron chi connectivity index (χ3n) is 2.79. The topological polar surface area (TPSA) is 38.3 Å². The molecule has 0 spiro atoms. The molecule has 0 aliphatic rings. The van der Waals surface area contributed by atoms with Gasteiger partial charge in [0.05, 0.1) is 0 Å². The van der Waals surface area contributed by atoms with Crippen LogP contribution < -0.4 is 5.32 Å². The molecule has 0 fully saturated rings. The molecule has 0 saturated carbocycles. The zero-order valence-corrected chi connectivity index (χ0v) is 11.3. The van der Waals surface area contributed by atoms with Crippen LogP contribution in [0.1, 0.15) is 46.0 Å². The van der Waals surface area contributed by atoms with Crippen LogP contribution in [0.25, 0.3) is 0 Å². The van der Waals surface area contributed by atoms with Crippen molar-refractivity contribution in [3.05, 3.63) is 30.3 Å². The minimum atomic E-state index is -0.371. The van der Waals surface area contributed by atoms with E-state index in [-0.39, 0.29) is 12.2 Å². The number of hydrogen-bond donors (Lipinski definition) is 1. The quantitative estimate of drug-likeness (QED) is 0.717. The lowest BCUT2D eigenvalue weighted by molar-refractivity contribution is 0.114. The third kappa shape index (κ3) is 6.28. The van der Waals surface area contributed by atoms with Gasteiger partial charge in [0, 0.05) is 5.69 Å². The van der Waals surface area contributed by atoms with Crippen molar-refractivity contribution in [3.8, 4) is 0 Å². The first-order valence-electron chi connectivity index (χ1n) is 6.75. The highest BCUT2D eigenvalue weighted by Crippen LogP contribution is 2.10. The Bertz CT molecular complexity index is 338. The normalized spacial score (nSPS) is 11.9. The van der Waals surface area contributed by atoms with E-state index in [2.05, 4.69) is 12.2 Å². The van der Waals surface area contributed by atoms with E-state index in [1.807, 2.05) is 37.3 Å². The molecule has 0 aliphatic carbocycles. The first-order chi connectivity index (χ1) is 8.72. The SMILES string of the molecule is CCCCCC[C@@H](C)OC(=O)Nc1ccccc1. The summed E-state index contributed by atoms with van der Waals surface area (Å²) in [6.45, 7) is 4.13. The molecule has 0 aromatic heterocycles. The van der Waals surface area contributed by atoms with Crippen LogP contribution in [-0.2, 0) is 4.74 Å². The zero-order chi connectivity index (χ0) is 13.2. The summed E-state index contributed by atoms with van der Waals surface area (Å²) in [5.41, 5.74) is 0.765. The molecule has 1 aromatic carbocycles. The molecule has 0 saturated heterocycles. The standard InChI is InChI=1S/C15H23NO2/c1-3-4-5-7-10-13(2)18-15(17)16-14-11-8-6-9-12-14/h6,8-9,11-13H,3-5,7,10H2,1-2H3,(H,16,17)/t13-/m1/s1. The van der Waals surface area contributed by atoms with Crippen LogP contribution >= 0.6 is 0 Å². The highest BCUT2D eigenvalue weighted by molar-refractivity contribution is 5.84. The number of carbonyl (C=O) groups excluding carboxylic acids is 1. The van der Waals surface area contributed by atoms with Crippen LogP contribution in [0.3, 0.4) is 0 Å². The Morgan fingerprint density at radius 2 is 1.94 bits per heavy atom. The fourth-order valence-corrected chi connectivity index (χ4v) is 1.77. The Labute approximate surface area is 110 Å². The van der Waals surface area contributed by atoms with E-state index in [0.717, 1.165) is 18.5 Å². The number of unbranched alkanes of at least 4 members (excludes halogenated alkanes) is 3. The summed E-state index contributed by atoms with van der Waals surface area (Å²) in [5.74, 6) is 0. The molecule has 1 aromatic rings. The van der Waals surface area contributed by atoms with E-state index < -0.39 is 0 Å². The van der Waals surface area contributed by atoms with Gasteiger partial charge in [0.2, 0.25) is 0 Å². The lowest BCUT2D eigenvalue weighted by Gasteiger charge is -2.13. The van der Waals surface area contributed by atoms with E-state index >= 15 is 0 Å². The summed E-state index contributed by atoms with van der Waals surface area (Å²) in [6.07, 6.45) is 5.35. The Hall–Kier alpha value is -1.51. The number of hydrogen-bond acceptors (Lipinski definition) is 2. The number of rotatable bonds is 7. The number of para-hydroxylation sites is 1. The Balaban J connectivity index is 2.19. The molecule has 3 nitrogen and oxygen atoms in total.